The van der Waals surface area contributed by atoms with Gasteiger partial charge >= 0.3 is 0 Å². The lowest BCUT2D eigenvalue weighted by molar-refractivity contribution is 0.112. The largest absolute Gasteiger partial charge is 0.357 e. The van der Waals surface area contributed by atoms with Crippen molar-refractivity contribution in [2.45, 2.75) is 26.8 Å². The smallest absolute Gasteiger partial charge is 0.156 e. The van der Waals surface area contributed by atoms with Crippen LogP contribution in [0.4, 0.5) is 5.82 Å². The van der Waals surface area contributed by atoms with E-state index in [1.54, 1.807) is 6.92 Å². The second-order valence-corrected chi connectivity index (χ2v) is 3.98. The van der Waals surface area contributed by atoms with Crippen LogP contribution in [0, 0.1) is 6.92 Å². The molecule has 0 aromatic carbocycles. The van der Waals surface area contributed by atoms with Crippen LogP contribution in [-0.4, -0.2) is 29.3 Å². The zero-order valence-corrected chi connectivity index (χ0v) is 10.0. The van der Waals surface area contributed by atoms with Crippen molar-refractivity contribution in [1.82, 2.24) is 9.97 Å². The number of aldehydes is 1. The minimum absolute atomic E-state index is 0.208. The van der Waals surface area contributed by atoms with Gasteiger partial charge in [0, 0.05) is 13.1 Å². The zero-order valence-electron chi connectivity index (χ0n) is 9.28. The van der Waals surface area contributed by atoms with Crippen molar-refractivity contribution in [3.8, 4) is 0 Å². The zero-order chi connectivity index (χ0) is 11.6. The summed E-state index contributed by atoms with van der Waals surface area (Å²) in [5, 5.41) is 0.208. The van der Waals surface area contributed by atoms with E-state index in [4.69, 9.17) is 11.6 Å². The second-order valence-electron chi connectivity index (χ2n) is 3.62. The second kappa shape index (κ2) is 4.57. The molecule has 5 heteroatoms. The highest BCUT2D eigenvalue weighted by molar-refractivity contribution is 6.32. The molecule has 0 radical (unpaired) electrons. The molecular formula is C10H14ClN3O. The fraction of sp³-hybridized carbons (Fsp3) is 0.500. The van der Waals surface area contributed by atoms with Gasteiger partial charge in [-0.3, -0.25) is 4.79 Å². The van der Waals surface area contributed by atoms with Crippen LogP contribution in [0.5, 0.6) is 0 Å². The lowest BCUT2D eigenvalue weighted by Crippen LogP contribution is -2.28. The maximum atomic E-state index is 10.9. The number of rotatable bonds is 3. The SMILES string of the molecule is Cc1nc(Cl)c(C=O)c(N(C)C(C)C)n1. The minimum atomic E-state index is 0.208. The molecule has 0 amide bonds. The topological polar surface area (TPSA) is 46.1 Å². The molecule has 0 atom stereocenters. The van der Waals surface area contributed by atoms with Crippen molar-refractivity contribution in [3.63, 3.8) is 0 Å². The summed E-state index contributed by atoms with van der Waals surface area (Å²) in [6.07, 6.45) is 0.690. The van der Waals surface area contributed by atoms with Gasteiger partial charge in [0.05, 0.1) is 5.56 Å². The molecule has 4 nitrogen and oxygen atoms in total. The number of carbonyl (C=O) groups is 1. The van der Waals surface area contributed by atoms with E-state index in [1.165, 1.54) is 0 Å². The lowest BCUT2D eigenvalue weighted by atomic mass is 10.2. The molecule has 82 valence electrons. The third kappa shape index (κ3) is 2.45. The van der Waals surface area contributed by atoms with Gasteiger partial charge in [-0.05, 0) is 20.8 Å². The summed E-state index contributed by atoms with van der Waals surface area (Å²) < 4.78 is 0. The van der Waals surface area contributed by atoms with Crippen LogP contribution >= 0.6 is 11.6 Å². The van der Waals surface area contributed by atoms with Gasteiger partial charge < -0.3 is 4.90 Å². The fourth-order valence-corrected chi connectivity index (χ4v) is 1.40. The summed E-state index contributed by atoms with van der Waals surface area (Å²) in [6.45, 7) is 5.78. The molecule has 0 spiro atoms. The molecule has 1 aromatic heterocycles. The highest BCUT2D eigenvalue weighted by Crippen LogP contribution is 2.22. The lowest BCUT2D eigenvalue weighted by Gasteiger charge is -2.24. The van der Waals surface area contributed by atoms with Crippen molar-refractivity contribution >= 4 is 23.7 Å². The van der Waals surface area contributed by atoms with E-state index < -0.39 is 0 Å². The average Bonchev–Trinajstić information content (AvgIpc) is 2.15. The first kappa shape index (κ1) is 11.9. The molecule has 0 saturated carbocycles. The molecule has 0 aliphatic rings. The van der Waals surface area contributed by atoms with Gasteiger partial charge in [-0.15, -0.1) is 0 Å². The molecule has 1 heterocycles. The number of aromatic nitrogens is 2. The Bertz CT molecular complexity index is 379. The van der Waals surface area contributed by atoms with Crippen LogP contribution in [0.25, 0.3) is 0 Å². The van der Waals surface area contributed by atoms with Gasteiger partial charge in [0.1, 0.15) is 16.8 Å². The van der Waals surface area contributed by atoms with E-state index in [0.29, 0.717) is 23.5 Å². The highest BCUT2D eigenvalue weighted by atomic mass is 35.5. The summed E-state index contributed by atoms with van der Waals surface area (Å²) >= 11 is 5.87. The summed E-state index contributed by atoms with van der Waals surface area (Å²) in [4.78, 5) is 21.0. The van der Waals surface area contributed by atoms with Crippen molar-refractivity contribution in [1.29, 1.82) is 0 Å². The number of hydrogen-bond donors (Lipinski definition) is 0. The number of nitrogens with zero attached hydrogens (tertiary/aromatic N) is 3. The highest BCUT2D eigenvalue weighted by Gasteiger charge is 2.16. The van der Waals surface area contributed by atoms with E-state index in [0.717, 1.165) is 0 Å². The summed E-state index contributed by atoms with van der Waals surface area (Å²) in [5.41, 5.74) is 0.346. The number of anilines is 1. The fourth-order valence-electron chi connectivity index (χ4n) is 1.15. The van der Waals surface area contributed by atoms with Crippen molar-refractivity contribution < 1.29 is 4.79 Å². The van der Waals surface area contributed by atoms with Crippen molar-refractivity contribution in [3.05, 3.63) is 16.5 Å². The third-order valence-electron chi connectivity index (χ3n) is 2.22. The normalized spacial score (nSPS) is 10.5. The van der Waals surface area contributed by atoms with E-state index in [1.807, 2.05) is 25.8 Å². The number of halogens is 1. The maximum Gasteiger partial charge on any atom is 0.156 e. The Hall–Kier alpha value is -1.16. The Morgan fingerprint density at radius 2 is 2.00 bits per heavy atom. The first-order valence-electron chi connectivity index (χ1n) is 4.69. The number of hydrogen-bond acceptors (Lipinski definition) is 4. The van der Waals surface area contributed by atoms with Crippen LogP contribution in [0.3, 0.4) is 0 Å². The quantitative estimate of drug-likeness (QED) is 0.586. The minimum Gasteiger partial charge on any atom is -0.357 e. The first-order valence-corrected chi connectivity index (χ1v) is 5.07. The van der Waals surface area contributed by atoms with Crippen LogP contribution in [0.1, 0.15) is 30.0 Å². The van der Waals surface area contributed by atoms with E-state index in [9.17, 15) is 4.79 Å². The summed E-state index contributed by atoms with van der Waals surface area (Å²) in [7, 11) is 1.87. The van der Waals surface area contributed by atoms with Gasteiger partial charge in [-0.1, -0.05) is 11.6 Å². The average molecular weight is 228 g/mol. The monoisotopic (exact) mass is 227 g/mol. The summed E-state index contributed by atoms with van der Waals surface area (Å²) in [5.74, 6) is 1.14. The van der Waals surface area contributed by atoms with E-state index in [2.05, 4.69) is 9.97 Å². The Balaban J connectivity index is 3.32. The molecule has 0 fully saturated rings. The Morgan fingerprint density at radius 3 is 2.47 bits per heavy atom. The van der Waals surface area contributed by atoms with Crippen molar-refractivity contribution in [2.24, 2.45) is 0 Å². The molecule has 0 N–H and O–H groups in total. The first-order chi connectivity index (χ1) is 6.97. The standard InChI is InChI=1S/C10H14ClN3O/c1-6(2)14(4)10-8(5-15)9(11)12-7(3)13-10/h5-6H,1-4H3. The molecule has 0 aliphatic carbocycles. The third-order valence-corrected chi connectivity index (χ3v) is 2.51. The molecule has 0 unspecified atom stereocenters. The van der Waals surface area contributed by atoms with Crippen LogP contribution in [0.2, 0.25) is 5.15 Å². The van der Waals surface area contributed by atoms with Gasteiger partial charge in [-0.2, -0.15) is 0 Å². The predicted octanol–water partition coefficient (Wildman–Crippen LogP) is 2.10. The molecule has 0 saturated heterocycles. The Kier molecular flexibility index (Phi) is 3.63. The Labute approximate surface area is 94.3 Å². The van der Waals surface area contributed by atoms with Crippen molar-refractivity contribution in [2.75, 3.05) is 11.9 Å². The Morgan fingerprint density at radius 1 is 1.40 bits per heavy atom. The van der Waals surface area contributed by atoms with E-state index >= 15 is 0 Å². The van der Waals surface area contributed by atoms with E-state index in [-0.39, 0.29) is 11.2 Å². The molecule has 1 aromatic rings. The van der Waals surface area contributed by atoms with Crippen LogP contribution in [-0.2, 0) is 0 Å². The number of aryl methyl sites for hydroxylation is 1. The van der Waals surface area contributed by atoms with Gasteiger partial charge in [0.15, 0.2) is 6.29 Å². The predicted molar refractivity (Wildman–Crippen MR) is 60.7 cm³/mol. The van der Waals surface area contributed by atoms with Crippen LogP contribution < -0.4 is 4.90 Å². The molecule has 0 aliphatic heterocycles. The van der Waals surface area contributed by atoms with Gasteiger partial charge in [0.2, 0.25) is 0 Å². The number of carbonyl (C=O) groups excluding carboxylic acids is 1. The van der Waals surface area contributed by atoms with Gasteiger partial charge in [0.25, 0.3) is 0 Å². The molecule has 1 rings (SSSR count). The maximum absolute atomic E-state index is 10.9. The van der Waals surface area contributed by atoms with Crippen LogP contribution in [0.15, 0.2) is 0 Å². The van der Waals surface area contributed by atoms with Gasteiger partial charge in [-0.25, -0.2) is 9.97 Å². The molecule has 15 heavy (non-hydrogen) atoms. The molecular weight excluding hydrogens is 214 g/mol. The summed E-state index contributed by atoms with van der Waals surface area (Å²) in [6, 6.07) is 0.245. The molecule has 0 bridgehead atoms.